The van der Waals surface area contributed by atoms with Gasteiger partial charge in [-0.05, 0) is 20.3 Å². The van der Waals surface area contributed by atoms with Crippen LogP contribution in [0.1, 0.15) is 33.6 Å². The van der Waals surface area contributed by atoms with Crippen LogP contribution in [0.15, 0.2) is 11.8 Å². The van der Waals surface area contributed by atoms with E-state index in [0.717, 1.165) is 18.9 Å². The van der Waals surface area contributed by atoms with E-state index in [9.17, 15) is 9.59 Å². The molecule has 1 N–H and O–H groups in total. The van der Waals surface area contributed by atoms with Crippen molar-refractivity contribution in [2.24, 2.45) is 0 Å². The monoisotopic (exact) mass is 243 g/mol. The van der Waals surface area contributed by atoms with Gasteiger partial charge in [-0.15, -0.1) is 0 Å². The molecule has 0 saturated heterocycles. The van der Waals surface area contributed by atoms with Crippen molar-refractivity contribution in [3.63, 3.8) is 0 Å². The van der Waals surface area contributed by atoms with Crippen molar-refractivity contribution in [1.82, 2.24) is 5.32 Å². The maximum atomic E-state index is 11.5. The normalized spacial score (nSPS) is 10.9. The fraction of sp³-hybridized carbons (Fsp3) is 0.667. The minimum absolute atomic E-state index is 0.152. The Morgan fingerprint density at radius 2 is 1.76 bits per heavy atom. The van der Waals surface area contributed by atoms with Crippen LogP contribution in [0.25, 0.3) is 0 Å². The third-order valence-electron chi connectivity index (χ3n) is 1.89. The van der Waals surface area contributed by atoms with E-state index in [0.29, 0.717) is 6.54 Å². The zero-order valence-electron chi connectivity index (χ0n) is 10.7. The summed E-state index contributed by atoms with van der Waals surface area (Å²) in [5.41, 5.74) is 0.152. The van der Waals surface area contributed by atoms with Gasteiger partial charge in [-0.3, -0.25) is 0 Å². The molecule has 98 valence electrons. The summed E-state index contributed by atoms with van der Waals surface area (Å²) in [6.07, 6.45) is 3.05. The van der Waals surface area contributed by atoms with Gasteiger partial charge in [0, 0.05) is 6.54 Å². The summed E-state index contributed by atoms with van der Waals surface area (Å²) in [6, 6.07) is 0. The summed E-state index contributed by atoms with van der Waals surface area (Å²) in [7, 11) is 0. The van der Waals surface area contributed by atoms with Gasteiger partial charge < -0.3 is 14.8 Å². The molecular formula is C12H21NO4. The molecule has 17 heavy (non-hydrogen) atoms. The fourth-order valence-corrected chi connectivity index (χ4v) is 1.09. The Morgan fingerprint density at radius 1 is 1.12 bits per heavy atom. The maximum Gasteiger partial charge on any atom is 0.354 e. The molecule has 0 fully saturated rings. The van der Waals surface area contributed by atoms with Crippen LogP contribution in [0.5, 0.6) is 0 Å². The molecule has 5 heteroatoms. The zero-order valence-corrected chi connectivity index (χ0v) is 10.7. The van der Waals surface area contributed by atoms with Crippen LogP contribution in [0, 0.1) is 0 Å². The number of rotatable bonds is 8. The SMILES string of the molecule is CCCCN/C(=C/C(=O)OCC)C(=O)OCC. The number of nitrogens with one attached hydrogen (secondary N) is 1. The summed E-state index contributed by atoms with van der Waals surface area (Å²) in [5, 5.41) is 2.88. The molecule has 0 aromatic rings. The molecule has 0 aromatic carbocycles. The largest absolute Gasteiger partial charge is 0.463 e. The van der Waals surface area contributed by atoms with Crippen LogP contribution in [0.2, 0.25) is 0 Å². The van der Waals surface area contributed by atoms with Gasteiger partial charge in [0.1, 0.15) is 5.70 Å². The van der Waals surface area contributed by atoms with E-state index < -0.39 is 11.9 Å². The van der Waals surface area contributed by atoms with Crippen LogP contribution in [0.3, 0.4) is 0 Å². The van der Waals surface area contributed by atoms with Crippen molar-refractivity contribution in [1.29, 1.82) is 0 Å². The lowest BCUT2D eigenvalue weighted by atomic mass is 10.3. The van der Waals surface area contributed by atoms with E-state index in [1.54, 1.807) is 13.8 Å². The molecule has 0 saturated carbocycles. The molecule has 0 aliphatic rings. The second-order valence-electron chi connectivity index (χ2n) is 3.31. The van der Waals surface area contributed by atoms with Crippen molar-refractivity contribution >= 4 is 11.9 Å². The Kier molecular flexibility index (Phi) is 8.82. The summed E-state index contributed by atoms with van der Waals surface area (Å²) in [4.78, 5) is 22.8. The predicted octanol–water partition coefficient (Wildman–Crippen LogP) is 1.39. The lowest BCUT2D eigenvalue weighted by Gasteiger charge is -2.09. The standard InChI is InChI=1S/C12H21NO4/c1-4-7-8-13-10(12(15)17-6-3)9-11(14)16-5-2/h9,13H,4-8H2,1-3H3/b10-9+. The first-order chi connectivity index (χ1) is 8.15. The number of carbonyl (C=O) groups excluding carboxylic acids is 2. The van der Waals surface area contributed by atoms with E-state index in [1.165, 1.54) is 0 Å². The second-order valence-corrected chi connectivity index (χ2v) is 3.31. The number of unbranched alkanes of at least 4 members (excludes halogenated alkanes) is 1. The average molecular weight is 243 g/mol. The lowest BCUT2D eigenvalue weighted by molar-refractivity contribution is -0.141. The van der Waals surface area contributed by atoms with Gasteiger partial charge in [-0.2, -0.15) is 0 Å². The van der Waals surface area contributed by atoms with Gasteiger partial charge in [-0.25, -0.2) is 9.59 Å². The predicted molar refractivity (Wildman–Crippen MR) is 64.3 cm³/mol. The average Bonchev–Trinajstić information content (AvgIpc) is 2.28. The molecular weight excluding hydrogens is 222 g/mol. The molecule has 0 aliphatic carbocycles. The number of carbonyl (C=O) groups is 2. The summed E-state index contributed by atoms with van der Waals surface area (Å²) < 4.78 is 9.58. The van der Waals surface area contributed by atoms with E-state index in [1.807, 2.05) is 6.92 Å². The van der Waals surface area contributed by atoms with E-state index in [4.69, 9.17) is 9.47 Å². The number of hydrogen-bond donors (Lipinski definition) is 1. The summed E-state index contributed by atoms with van der Waals surface area (Å²) >= 11 is 0. The molecule has 0 spiro atoms. The highest BCUT2D eigenvalue weighted by atomic mass is 16.5. The molecule has 0 amide bonds. The van der Waals surface area contributed by atoms with Crippen molar-refractivity contribution in [3.8, 4) is 0 Å². The summed E-state index contributed by atoms with van der Waals surface area (Å²) in [5.74, 6) is -1.07. The molecule has 0 aliphatic heterocycles. The van der Waals surface area contributed by atoms with Crippen molar-refractivity contribution in [2.45, 2.75) is 33.6 Å². The van der Waals surface area contributed by atoms with Crippen molar-refractivity contribution in [2.75, 3.05) is 19.8 Å². The highest BCUT2D eigenvalue weighted by Crippen LogP contribution is 1.97. The molecule has 0 rings (SSSR count). The quantitative estimate of drug-likeness (QED) is 0.396. The van der Waals surface area contributed by atoms with Crippen LogP contribution < -0.4 is 5.32 Å². The van der Waals surface area contributed by atoms with Crippen LogP contribution in [-0.2, 0) is 19.1 Å². The number of ether oxygens (including phenoxy) is 2. The van der Waals surface area contributed by atoms with Crippen LogP contribution >= 0.6 is 0 Å². The zero-order chi connectivity index (χ0) is 13.1. The molecule has 0 aromatic heterocycles. The Balaban J connectivity index is 4.47. The minimum Gasteiger partial charge on any atom is -0.463 e. The molecule has 0 bridgehead atoms. The summed E-state index contributed by atoms with van der Waals surface area (Å²) in [6.45, 7) is 6.64. The highest BCUT2D eigenvalue weighted by molar-refractivity contribution is 5.95. The van der Waals surface area contributed by atoms with E-state index in [2.05, 4.69) is 5.32 Å². The number of esters is 2. The molecule has 0 atom stereocenters. The van der Waals surface area contributed by atoms with Gasteiger partial charge in [0.15, 0.2) is 0 Å². The van der Waals surface area contributed by atoms with Gasteiger partial charge in [0.25, 0.3) is 0 Å². The Morgan fingerprint density at radius 3 is 2.29 bits per heavy atom. The van der Waals surface area contributed by atoms with Crippen molar-refractivity contribution in [3.05, 3.63) is 11.8 Å². The first kappa shape index (κ1) is 15.5. The van der Waals surface area contributed by atoms with Gasteiger partial charge in [-0.1, -0.05) is 13.3 Å². The first-order valence-electron chi connectivity index (χ1n) is 5.95. The van der Waals surface area contributed by atoms with Gasteiger partial charge in [0.2, 0.25) is 0 Å². The Hall–Kier alpha value is -1.52. The molecule has 5 nitrogen and oxygen atoms in total. The third kappa shape index (κ3) is 7.38. The topological polar surface area (TPSA) is 64.6 Å². The third-order valence-corrected chi connectivity index (χ3v) is 1.89. The van der Waals surface area contributed by atoms with Crippen molar-refractivity contribution < 1.29 is 19.1 Å². The first-order valence-corrected chi connectivity index (χ1v) is 5.95. The van der Waals surface area contributed by atoms with E-state index in [-0.39, 0.29) is 18.9 Å². The maximum absolute atomic E-state index is 11.5. The number of hydrogen-bond acceptors (Lipinski definition) is 5. The lowest BCUT2D eigenvalue weighted by Crippen LogP contribution is -2.24. The van der Waals surface area contributed by atoms with Gasteiger partial charge in [0.05, 0.1) is 19.3 Å². The van der Waals surface area contributed by atoms with Crippen LogP contribution in [0.4, 0.5) is 0 Å². The fourth-order valence-electron chi connectivity index (χ4n) is 1.09. The second kappa shape index (κ2) is 9.69. The van der Waals surface area contributed by atoms with Gasteiger partial charge >= 0.3 is 11.9 Å². The minimum atomic E-state index is -0.542. The molecule has 0 unspecified atom stereocenters. The highest BCUT2D eigenvalue weighted by Gasteiger charge is 2.12. The van der Waals surface area contributed by atoms with E-state index >= 15 is 0 Å². The Labute approximate surface area is 102 Å². The van der Waals surface area contributed by atoms with Crippen LogP contribution in [-0.4, -0.2) is 31.7 Å². The molecule has 0 radical (unpaired) electrons. The molecule has 0 heterocycles. The smallest absolute Gasteiger partial charge is 0.354 e. The Bertz CT molecular complexity index is 274.